The van der Waals surface area contributed by atoms with Crippen LogP contribution in [-0.2, 0) is 11.2 Å². The summed E-state index contributed by atoms with van der Waals surface area (Å²) < 4.78 is 1.76. The molecule has 0 aliphatic carbocycles. The minimum absolute atomic E-state index is 0.154. The predicted molar refractivity (Wildman–Crippen MR) is 53.1 cm³/mol. The predicted octanol–water partition coefficient (Wildman–Crippen LogP) is 1.02. The first-order chi connectivity index (χ1) is 6.66. The van der Waals surface area contributed by atoms with Crippen molar-refractivity contribution in [3.63, 3.8) is 0 Å². The van der Waals surface area contributed by atoms with Crippen LogP contribution in [0.1, 0.15) is 5.56 Å². The molecule has 1 amide bonds. The van der Waals surface area contributed by atoms with Crippen molar-refractivity contribution in [3.05, 3.63) is 35.2 Å². The SMILES string of the molecule is NC(=O)Cc1cc(Cl)cn2ccnc12. The molecule has 0 atom stereocenters. The number of hydrogen-bond donors (Lipinski definition) is 1. The summed E-state index contributed by atoms with van der Waals surface area (Å²) in [5, 5.41) is 0.562. The lowest BCUT2D eigenvalue weighted by molar-refractivity contribution is -0.117. The Labute approximate surface area is 85.3 Å². The molecule has 2 heterocycles. The van der Waals surface area contributed by atoms with Crippen LogP contribution in [0.5, 0.6) is 0 Å². The van der Waals surface area contributed by atoms with Gasteiger partial charge in [-0.25, -0.2) is 4.98 Å². The van der Waals surface area contributed by atoms with E-state index in [1.54, 1.807) is 29.1 Å². The van der Waals surface area contributed by atoms with E-state index in [-0.39, 0.29) is 6.42 Å². The number of rotatable bonds is 2. The fraction of sp³-hybridized carbons (Fsp3) is 0.111. The van der Waals surface area contributed by atoms with Gasteiger partial charge in [0.15, 0.2) is 0 Å². The first-order valence-electron chi connectivity index (χ1n) is 4.06. The number of aromatic nitrogens is 2. The first kappa shape index (κ1) is 9.02. The molecule has 2 aromatic rings. The van der Waals surface area contributed by atoms with Gasteiger partial charge in [0.1, 0.15) is 5.65 Å². The molecule has 0 unspecified atom stereocenters. The molecular formula is C9H8ClN3O. The fourth-order valence-corrected chi connectivity index (χ4v) is 1.62. The molecule has 14 heavy (non-hydrogen) atoms. The molecule has 0 aliphatic heterocycles. The summed E-state index contributed by atoms with van der Waals surface area (Å²) in [5.74, 6) is -0.392. The van der Waals surface area contributed by atoms with Crippen LogP contribution in [0.3, 0.4) is 0 Å². The highest BCUT2D eigenvalue weighted by molar-refractivity contribution is 6.30. The van der Waals surface area contributed by atoms with Gasteiger partial charge < -0.3 is 10.1 Å². The van der Waals surface area contributed by atoms with Crippen molar-refractivity contribution in [1.82, 2.24) is 9.38 Å². The molecule has 2 aromatic heterocycles. The third kappa shape index (κ3) is 1.56. The van der Waals surface area contributed by atoms with Gasteiger partial charge in [0.2, 0.25) is 5.91 Å². The van der Waals surface area contributed by atoms with Gasteiger partial charge in [-0.1, -0.05) is 11.6 Å². The number of nitrogens with two attached hydrogens (primary N) is 1. The topological polar surface area (TPSA) is 60.4 Å². The minimum atomic E-state index is -0.392. The highest BCUT2D eigenvalue weighted by Crippen LogP contribution is 2.16. The second kappa shape index (κ2) is 3.31. The smallest absolute Gasteiger partial charge is 0.221 e. The van der Waals surface area contributed by atoms with E-state index in [0.717, 1.165) is 5.56 Å². The maximum atomic E-state index is 10.8. The van der Waals surface area contributed by atoms with E-state index in [4.69, 9.17) is 17.3 Å². The van der Waals surface area contributed by atoms with E-state index >= 15 is 0 Å². The maximum absolute atomic E-state index is 10.8. The summed E-state index contributed by atoms with van der Waals surface area (Å²) in [6.45, 7) is 0. The van der Waals surface area contributed by atoms with E-state index in [2.05, 4.69) is 4.98 Å². The number of amides is 1. The molecule has 0 bridgehead atoms. The van der Waals surface area contributed by atoms with Crippen LogP contribution in [0.4, 0.5) is 0 Å². The summed E-state index contributed by atoms with van der Waals surface area (Å²) in [6, 6.07) is 1.70. The van der Waals surface area contributed by atoms with E-state index in [0.29, 0.717) is 10.7 Å². The van der Waals surface area contributed by atoms with Gasteiger partial charge in [0.05, 0.1) is 11.4 Å². The molecule has 0 aromatic carbocycles. The number of pyridine rings is 1. The summed E-state index contributed by atoms with van der Waals surface area (Å²) in [6.07, 6.45) is 5.30. The third-order valence-electron chi connectivity index (χ3n) is 1.90. The highest BCUT2D eigenvalue weighted by Gasteiger charge is 2.06. The van der Waals surface area contributed by atoms with Crippen molar-refractivity contribution in [3.8, 4) is 0 Å². The van der Waals surface area contributed by atoms with Crippen molar-refractivity contribution >= 4 is 23.2 Å². The number of hydrogen-bond acceptors (Lipinski definition) is 2. The summed E-state index contributed by atoms with van der Waals surface area (Å²) in [5.41, 5.74) is 6.58. The molecule has 2 rings (SSSR count). The Hall–Kier alpha value is -1.55. The summed E-state index contributed by atoms with van der Waals surface area (Å²) >= 11 is 5.86. The van der Waals surface area contributed by atoms with Crippen LogP contribution in [0.15, 0.2) is 24.7 Å². The largest absolute Gasteiger partial charge is 0.369 e. The number of nitrogens with zero attached hydrogens (tertiary/aromatic N) is 2. The van der Waals surface area contributed by atoms with Crippen LogP contribution >= 0.6 is 11.6 Å². The average molecular weight is 210 g/mol. The molecule has 5 heteroatoms. The number of halogens is 1. The highest BCUT2D eigenvalue weighted by atomic mass is 35.5. The van der Waals surface area contributed by atoms with Crippen LogP contribution < -0.4 is 5.73 Å². The van der Waals surface area contributed by atoms with Crippen LogP contribution in [0, 0.1) is 0 Å². The third-order valence-corrected chi connectivity index (χ3v) is 2.10. The van der Waals surface area contributed by atoms with Gasteiger partial charge in [-0.3, -0.25) is 4.79 Å². The van der Waals surface area contributed by atoms with Crippen molar-refractivity contribution in [1.29, 1.82) is 0 Å². The molecule has 0 aliphatic rings. The van der Waals surface area contributed by atoms with Gasteiger partial charge in [-0.05, 0) is 6.07 Å². The number of carbonyl (C=O) groups is 1. The Kier molecular flexibility index (Phi) is 2.13. The number of primary amides is 1. The average Bonchev–Trinajstić information content (AvgIpc) is 2.50. The lowest BCUT2D eigenvalue weighted by Gasteiger charge is -2.02. The Morgan fingerprint density at radius 3 is 3.14 bits per heavy atom. The van der Waals surface area contributed by atoms with Crippen LogP contribution in [0.25, 0.3) is 5.65 Å². The Morgan fingerprint density at radius 2 is 2.43 bits per heavy atom. The summed E-state index contributed by atoms with van der Waals surface area (Å²) in [7, 11) is 0. The monoisotopic (exact) mass is 209 g/mol. The molecular weight excluding hydrogens is 202 g/mol. The van der Waals surface area contributed by atoms with Crippen LogP contribution in [0.2, 0.25) is 5.02 Å². The quantitative estimate of drug-likeness (QED) is 0.803. The van der Waals surface area contributed by atoms with Crippen molar-refractivity contribution in [2.24, 2.45) is 5.73 Å². The van der Waals surface area contributed by atoms with Gasteiger partial charge in [-0.15, -0.1) is 0 Å². The Morgan fingerprint density at radius 1 is 1.64 bits per heavy atom. The number of fused-ring (bicyclic) bond motifs is 1. The van der Waals surface area contributed by atoms with Gasteiger partial charge in [0.25, 0.3) is 0 Å². The second-order valence-corrected chi connectivity index (χ2v) is 3.42. The van der Waals surface area contributed by atoms with E-state index < -0.39 is 5.91 Å². The van der Waals surface area contributed by atoms with Gasteiger partial charge in [-0.2, -0.15) is 0 Å². The molecule has 0 radical (unpaired) electrons. The molecule has 0 fully saturated rings. The molecule has 72 valence electrons. The first-order valence-corrected chi connectivity index (χ1v) is 4.44. The number of carbonyl (C=O) groups excluding carboxylic acids is 1. The molecule has 4 nitrogen and oxygen atoms in total. The maximum Gasteiger partial charge on any atom is 0.221 e. The lowest BCUT2D eigenvalue weighted by atomic mass is 10.2. The normalized spacial score (nSPS) is 10.6. The second-order valence-electron chi connectivity index (χ2n) is 2.98. The zero-order valence-electron chi connectivity index (χ0n) is 7.27. The van der Waals surface area contributed by atoms with Crippen molar-refractivity contribution in [2.75, 3.05) is 0 Å². The lowest BCUT2D eigenvalue weighted by Crippen LogP contribution is -2.14. The fourth-order valence-electron chi connectivity index (χ4n) is 1.38. The summed E-state index contributed by atoms with van der Waals surface area (Å²) in [4.78, 5) is 14.9. The molecule has 0 saturated heterocycles. The van der Waals surface area contributed by atoms with E-state index in [9.17, 15) is 4.79 Å². The van der Waals surface area contributed by atoms with Crippen molar-refractivity contribution in [2.45, 2.75) is 6.42 Å². The van der Waals surface area contributed by atoms with E-state index in [1.807, 2.05) is 0 Å². The standard InChI is InChI=1S/C9H8ClN3O/c10-7-3-6(4-8(11)14)9-12-1-2-13(9)5-7/h1-3,5H,4H2,(H2,11,14). The zero-order chi connectivity index (χ0) is 10.1. The molecule has 0 saturated carbocycles. The number of imidazole rings is 1. The van der Waals surface area contributed by atoms with Gasteiger partial charge >= 0.3 is 0 Å². The zero-order valence-corrected chi connectivity index (χ0v) is 8.03. The van der Waals surface area contributed by atoms with E-state index in [1.165, 1.54) is 0 Å². The van der Waals surface area contributed by atoms with Crippen LogP contribution in [-0.4, -0.2) is 15.3 Å². The van der Waals surface area contributed by atoms with Crippen molar-refractivity contribution < 1.29 is 4.79 Å². The Bertz CT molecular complexity index is 492. The Balaban J connectivity index is 2.60. The minimum Gasteiger partial charge on any atom is -0.369 e. The molecule has 0 spiro atoms. The van der Waals surface area contributed by atoms with Gasteiger partial charge in [0, 0.05) is 24.2 Å². The molecule has 2 N–H and O–H groups in total.